The van der Waals surface area contributed by atoms with E-state index in [4.69, 9.17) is 4.18 Å². The predicted octanol–water partition coefficient (Wildman–Crippen LogP) is 2.27. The Kier molecular flexibility index (Phi) is 6.55. The van der Waals surface area contributed by atoms with E-state index in [9.17, 15) is 13.2 Å². The Labute approximate surface area is 148 Å². The number of nitrogens with one attached hydrogen (secondary N) is 1. The van der Waals surface area contributed by atoms with Crippen LogP contribution >= 0.6 is 0 Å². The third-order valence-corrected chi connectivity index (χ3v) is 4.57. The Hall–Kier alpha value is -2.38. The van der Waals surface area contributed by atoms with E-state index in [-0.39, 0.29) is 30.5 Å². The average molecular weight is 362 g/mol. The number of benzene rings is 2. The first-order valence-electron chi connectivity index (χ1n) is 7.86. The van der Waals surface area contributed by atoms with E-state index in [0.717, 1.165) is 5.56 Å². The minimum Gasteiger partial charge on any atom is -0.382 e. The molecule has 0 aliphatic carbocycles. The summed E-state index contributed by atoms with van der Waals surface area (Å²) >= 11 is 0. The molecular formula is C18H22N2O4S. The second kappa shape index (κ2) is 8.64. The molecule has 1 N–H and O–H groups in total. The van der Waals surface area contributed by atoms with Gasteiger partial charge in [-0.3, -0.25) is 9.69 Å². The van der Waals surface area contributed by atoms with Gasteiger partial charge in [0.15, 0.2) is 0 Å². The Morgan fingerprint density at radius 2 is 1.72 bits per heavy atom. The Morgan fingerprint density at radius 3 is 2.36 bits per heavy atom. The molecule has 2 rings (SSSR count). The Bertz CT molecular complexity index is 790. The van der Waals surface area contributed by atoms with Crippen LogP contribution in [0.25, 0.3) is 0 Å². The number of nitrogens with zero attached hydrogens (tertiary/aromatic N) is 1. The fourth-order valence-corrected chi connectivity index (χ4v) is 3.12. The molecule has 1 amide bonds. The van der Waals surface area contributed by atoms with Crippen molar-refractivity contribution in [2.24, 2.45) is 0 Å². The Morgan fingerprint density at radius 1 is 1.08 bits per heavy atom. The van der Waals surface area contributed by atoms with Crippen molar-refractivity contribution in [3.8, 4) is 5.75 Å². The standard InChI is InChI=1S/C18H22N2O4S/c1-15-8-10-16(11-9-15)19-18(21)14-20(2)12-13-25(22,23)24-17-6-4-3-5-7-17/h3-11H,12-14H2,1-2H3,(H,19,21). The summed E-state index contributed by atoms with van der Waals surface area (Å²) in [5.41, 5.74) is 1.82. The van der Waals surface area contributed by atoms with Gasteiger partial charge in [0.1, 0.15) is 5.75 Å². The summed E-state index contributed by atoms with van der Waals surface area (Å²) in [5.74, 6) is -0.120. The molecule has 0 spiro atoms. The molecule has 0 aliphatic rings. The summed E-state index contributed by atoms with van der Waals surface area (Å²) in [6, 6.07) is 15.8. The number of carbonyl (C=O) groups is 1. The summed E-state index contributed by atoms with van der Waals surface area (Å²) in [7, 11) is -2.02. The molecule has 0 saturated heterocycles. The maximum atomic E-state index is 12.0. The number of carbonyl (C=O) groups excluding carboxylic acids is 1. The zero-order valence-corrected chi connectivity index (χ0v) is 15.1. The van der Waals surface area contributed by atoms with Gasteiger partial charge in [0.25, 0.3) is 0 Å². The van der Waals surface area contributed by atoms with Gasteiger partial charge in [0, 0.05) is 12.2 Å². The largest absolute Gasteiger partial charge is 0.382 e. The molecule has 6 nitrogen and oxygen atoms in total. The van der Waals surface area contributed by atoms with Crippen LogP contribution in [0.4, 0.5) is 5.69 Å². The zero-order chi connectivity index (χ0) is 18.3. The van der Waals surface area contributed by atoms with Gasteiger partial charge >= 0.3 is 10.1 Å². The summed E-state index contributed by atoms with van der Waals surface area (Å²) in [4.78, 5) is 13.6. The molecule has 134 valence electrons. The van der Waals surface area contributed by atoms with Crippen LogP contribution in [-0.2, 0) is 14.9 Å². The molecule has 0 bridgehead atoms. The van der Waals surface area contributed by atoms with Crippen LogP contribution in [0.3, 0.4) is 0 Å². The molecule has 0 radical (unpaired) electrons. The van der Waals surface area contributed by atoms with Crippen molar-refractivity contribution < 1.29 is 17.4 Å². The van der Waals surface area contributed by atoms with Crippen LogP contribution in [-0.4, -0.2) is 45.1 Å². The van der Waals surface area contributed by atoms with Crippen molar-refractivity contribution in [3.05, 3.63) is 60.2 Å². The molecule has 0 atom stereocenters. The van der Waals surface area contributed by atoms with E-state index >= 15 is 0 Å². The first-order valence-corrected chi connectivity index (χ1v) is 9.44. The van der Waals surface area contributed by atoms with Gasteiger partial charge in [-0.1, -0.05) is 35.9 Å². The molecule has 0 fully saturated rings. The summed E-state index contributed by atoms with van der Waals surface area (Å²) in [6.07, 6.45) is 0. The highest BCUT2D eigenvalue weighted by Gasteiger charge is 2.15. The molecule has 0 saturated carbocycles. The maximum Gasteiger partial charge on any atom is 0.310 e. The van der Waals surface area contributed by atoms with Crippen molar-refractivity contribution in [2.75, 3.05) is 31.2 Å². The first-order chi connectivity index (χ1) is 11.8. The number of hydrogen-bond acceptors (Lipinski definition) is 5. The van der Waals surface area contributed by atoms with Gasteiger partial charge in [-0.15, -0.1) is 0 Å². The number of hydrogen-bond donors (Lipinski definition) is 1. The van der Waals surface area contributed by atoms with Crippen LogP contribution < -0.4 is 9.50 Å². The van der Waals surface area contributed by atoms with Gasteiger partial charge < -0.3 is 9.50 Å². The van der Waals surface area contributed by atoms with Crippen LogP contribution in [0, 0.1) is 6.92 Å². The molecule has 2 aromatic rings. The van der Waals surface area contributed by atoms with Crippen molar-refractivity contribution >= 4 is 21.7 Å². The minimum atomic E-state index is -3.70. The van der Waals surface area contributed by atoms with Crippen molar-refractivity contribution in [1.82, 2.24) is 4.90 Å². The van der Waals surface area contributed by atoms with Crippen LogP contribution in [0.2, 0.25) is 0 Å². The summed E-state index contributed by atoms with van der Waals surface area (Å²) in [6.45, 7) is 2.25. The second-order valence-electron chi connectivity index (χ2n) is 5.81. The van der Waals surface area contributed by atoms with Crippen LogP contribution in [0.5, 0.6) is 5.75 Å². The quantitative estimate of drug-likeness (QED) is 0.729. The maximum absolute atomic E-state index is 12.0. The van der Waals surface area contributed by atoms with Gasteiger partial charge in [-0.25, -0.2) is 0 Å². The zero-order valence-electron chi connectivity index (χ0n) is 14.3. The highest BCUT2D eigenvalue weighted by Crippen LogP contribution is 2.12. The smallest absolute Gasteiger partial charge is 0.310 e. The first kappa shape index (κ1) is 19.0. The highest BCUT2D eigenvalue weighted by atomic mass is 32.2. The number of para-hydroxylation sites is 1. The molecule has 0 aliphatic heterocycles. The molecule has 0 unspecified atom stereocenters. The summed E-state index contributed by atoms with van der Waals surface area (Å²) < 4.78 is 28.9. The SMILES string of the molecule is Cc1ccc(NC(=O)CN(C)CCS(=O)(=O)Oc2ccccc2)cc1. The molecule has 0 aromatic heterocycles. The fraction of sp³-hybridized carbons (Fsp3) is 0.278. The second-order valence-corrected chi connectivity index (χ2v) is 7.50. The van der Waals surface area contributed by atoms with Gasteiger partial charge in [0.2, 0.25) is 5.91 Å². The van der Waals surface area contributed by atoms with E-state index in [1.54, 1.807) is 42.3 Å². The van der Waals surface area contributed by atoms with Crippen LogP contribution in [0.1, 0.15) is 5.56 Å². The molecule has 0 heterocycles. The molecule has 7 heteroatoms. The predicted molar refractivity (Wildman–Crippen MR) is 98.2 cm³/mol. The number of rotatable bonds is 8. The monoisotopic (exact) mass is 362 g/mol. The number of amides is 1. The molecular weight excluding hydrogens is 340 g/mol. The minimum absolute atomic E-state index is 0.0920. The van der Waals surface area contributed by atoms with E-state index in [1.165, 1.54) is 0 Å². The third-order valence-electron chi connectivity index (χ3n) is 3.44. The summed E-state index contributed by atoms with van der Waals surface area (Å²) in [5, 5.41) is 2.78. The average Bonchev–Trinajstić information content (AvgIpc) is 2.56. The van der Waals surface area contributed by atoms with Gasteiger partial charge in [0.05, 0.1) is 12.3 Å². The number of anilines is 1. The van der Waals surface area contributed by atoms with Crippen molar-refractivity contribution in [1.29, 1.82) is 0 Å². The van der Waals surface area contributed by atoms with E-state index in [1.807, 2.05) is 31.2 Å². The molecule has 2 aromatic carbocycles. The van der Waals surface area contributed by atoms with Crippen molar-refractivity contribution in [2.45, 2.75) is 6.92 Å². The normalized spacial score (nSPS) is 11.3. The van der Waals surface area contributed by atoms with E-state index in [2.05, 4.69) is 5.32 Å². The van der Waals surface area contributed by atoms with Gasteiger partial charge in [-0.05, 0) is 38.2 Å². The lowest BCUT2D eigenvalue weighted by atomic mass is 10.2. The number of aryl methyl sites for hydroxylation is 1. The lowest BCUT2D eigenvalue weighted by Gasteiger charge is -2.16. The Balaban J connectivity index is 1.78. The topological polar surface area (TPSA) is 75.7 Å². The van der Waals surface area contributed by atoms with E-state index < -0.39 is 10.1 Å². The third kappa shape index (κ3) is 6.94. The molecule has 25 heavy (non-hydrogen) atoms. The lowest BCUT2D eigenvalue weighted by molar-refractivity contribution is -0.117. The van der Waals surface area contributed by atoms with Crippen molar-refractivity contribution in [3.63, 3.8) is 0 Å². The number of likely N-dealkylation sites (N-methyl/N-ethyl adjacent to an activating group) is 1. The lowest BCUT2D eigenvalue weighted by Crippen LogP contribution is -2.34. The van der Waals surface area contributed by atoms with Crippen LogP contribution in [0.15, 0.2) is 54.6 Å². The van der Waals surface area contributed by atoms with E-state index in [0.29, 0.717) is 5.69 Å². The fourth-order valence-electron chi connectivity index (χ4n) is 2.09. The van der Waals surface area contributed by atoms with Gasteiger partial charge in [-0.2, -0.15) is 8.42 Å². The highest BCUT2D eigenvalue weighted by molar-refractivity contribution is 7.87.